The molecule has 0 aliphatic rings. The average Bonchev–Trinajstić information content (AvgIpc) is 2.50. The van der Waals surface area contributed by atoms with E-state index in [1.54, 1.807) is 49.6 Å². The van der Waals surface area contributed by atoms with Crippen LogP contribution in [0.4, 0.5) is 11.4 Å². The Bertz CT molecular complexity index is 666. The summed E-state index contributed by atoms with van der Waals surface area (Å²) in [6, 6.07) is 12.4. The molecule has 2 aromatic rings. The van der Waals surface area contributed by atoms with E-state index in [0.717, 1.165) is 5.69 Å². The maximum absolute atomic E-state index is 11.7. The van der Waals surface area contributed by atoms with Gasteiger partial charge in [0, 0.05) is 23.9 Å². The highest BCUT2D eigenvalue weighted by atomic mass is 16.5. The Morgan fingerprint density at radius 3 is 2.43 bits per heavy atom. The number of rotatable bonds is 6. The van der Waals surface area contributed by atoms with Gasteiger partial charge in [-0.15, -0.1) is 0 Å². The molecule has 0 saturated heterocycles. The lowest BCUT2D eigenvalue weighted by Gasteiger charge is -2.12. The topological polar surface area (TPSA) is 73.6 Å². The second-order valence-electron chi connectivity index (χ2n) is 5.68. The molecule has 0 radical (unpaired) electrons. The number of methoxy groups -OCH3 is 1. The second-order valence-corrected chi connectivity index (χ2v) is 5.68. The zero-order chi connectivity index (χ0) is 16.8. The van der Waals surface area contributed by atoms with Crippen LogP contribution in [0.25, 0.3) is 0 Å². The molecule has 0 spiro atoms. The molecule has 23 heavy (non-hydrogen) atoms. The van der Waals surface area contributed by atoms with Crippen LogP contribution in [-0.4, -0.2) is 13.0 Å². The molecule has 0 fully saturated rings. The highest BCUT2D eigenvalue weighted by molar-refractivity contribution is 5.90. The number of nitrogen functional groups attached to an aromatic ring is 1. The quantitative estimate of drug-likeness (QED) is 0.789. The number of hydrogen-bond donors (Lipinski definition) is 2. The molecule has 0 unspecified atom stereocenters. The van der Waals surface area contributed by atoms with Gasteiger partial charge in [0.15, 0.2) is 11.5 Å². The van der Waals surface area contributed by atoms with E-state index >= 15 is 0 Å². The fourth-order valence-corrected chi connectivity index (χ4v) is 2.08. The Balaban J connectivity index is 2.04. The van der Waals surface area contributed by atoms with E-state index in [9.17, 15) is 4.79 Å². The molecule has 0 aliphatic carbocycles. The van der Waals surface area contributed by atoms with Crippen LogP contribution in [0.5, 0.6) is 17.2 Å². The average molecular weight is 314 g/mol. The Labute approximate surface area is 136 Å². The predicted octanol–water partition coefficient (Wildman–Crippen LogP) is 4.05. The van der Waals surface area contributed by atoms with Crippen molar-refractivity contribution < 1.29 is 14.3 Å². The van der Waals surface area contributed by atoms with E-state index in [0.29, 0.717) is 35.3 Å². The second kappa shape index (κ2) is 7.54. The van der Waals surface area contributed by atoms with Gasteiger partial charge in [-0.1, -0.05) is 13.8 Å². The SMILES string of the molecule is COc1cc(N)ccc1Oc1ccc(NC(=O)CC(C)C)cc1. The molecule has 0 saturated carbocycles. The van der Waals surface area contributed by atoms with Crippen molar-refractivity contribution in [3.8, 4) is 17.2 Å². The molecule has 2 rings (SSSR count). The first kappa shape index (κ1) is 16.7. The summed E-state index contributed by atoms with van der Waals surface area (Å²) in [6.45, 7) is 4.02. The summed E-state index contributed by atoms with van der Waals surface area (Å²) in [7, 11) is 1.56. The van der Waals surface area contributed by atoms with Crippen LogP contribution in [-0.2, 0) is 4.79 Å². The number of benzene rings is 2. The zero-order valence-electron chi connectivity index (χ0n) is 13.6. The van der Waals surface area contributed by atoms with Crippen LogP contribution in [0.2, 0.25) is 0 Å². The molecule has 0 atom stereocenters. The summed E-state index contributed by atoms with van der Waals surface area (Å²) in [5.41, 5.74) is 7.07. The van der Waals surface area contributed by atoms with Crippen LogP contribution in [0.15, 0.2) is 42.5 Å². The predicted molar refractivity (Wildman–Crippen MR) is 92.0 cm³/mol. The van der Waals surface area contributed by atoms with E-state index in [4.69, 9.17) is 15.2 Å². The highest BCUT2D eigenvalue weighted by Crippen LogP contribution is 2.33. The van der Waals surface area contributed by atoms with Crippen LogP contribution in [0, 0.1) is 5.92 Å². The molecule has 2 aromatic carbocycles. The Morgan fingerprint density at radius 1 is 1.13 bits per heavy atom. The third-order valence-corrected chi connectivity index (χ3v) is 3.15. The third-order valence-electron chi connectivity index (χ3n) is 3.15. The van der Waals surface area contributed by atoms with Crippen LogP contribution >= 0.6 is 0 Å². The Kier molecular flexibility index (Phi) is 5.46. The minimum atomic E-state index is 0.00821. The van der Waals surface area contributed by atoms with Gasteiger partial charge in [0.05, 0.1) is 7.11 Å². The lowest BCUT2D eigenvalue weighted by molar-refractivity contribution is -0.116. The van der Waals surface area contributed by atoms with Crippen LogP contribution in [0.3, 0.4) is 0 Å². The zero-order valence-corrected chi connectivity index (χ0v) is 13.6. The van der Waals surface area contributed by atoms with Gasteiger partial charge < -0.3 is 20.5 Å². The number of amides is 1. The van der Waals surface area contributed by atoms with Crippen molar-refractivity contribution in [2.45, 2.75) is 20.3 Å². The first-order chi connectivity index (χ1) is 11.0. The van der Waals surface area contributed by atoms with Crippen molar-refractivity contribution in [1.29, 1.82) is 0 Å². The summed E-state index contributed by atoms with van der Waals surface area (Å²) < 4.78 is 11.0. The number of anilines is 2. The number of ether oxygens (including phenoxy) is 2. The van der Waals surface area contributed by atoms with Crippen molar-refractivity contribution in [2.75, 3.05) is 18.2 Å². The minimum absolute atomic E-state index is 0.00821. The highest BCUT2D eigenvalue weighted by Gasteiger charge is 2.08. The molecule has 0 aromatic heterocycles. The Hall–Kier alpha value is -2.69. The van der Waals surface area contributed by atoms with Gasteiger partial charge in [0.1, 0.15) is 5.75 Å². The van der Waals surface area contributed by atoms with Gasteiger partial charge in [-0.3, -0.25) is 4.79 Å². The van der Waals surface area contributed by atoms with Crippen LogP contribution in [0.1, 0.15) is 20.3 Å². The molecule has 0 heterocycles. The largest absolute Gasteiger partial charge is 0.493 e. The standard InChI is InChI=1S/C18H22N2O3/c1-12(2)10-18(21)20-14-5-7-15(8-6-14)23-16-9-4-13(19)11-17(16)22-3/h4-9,11-12H,10,19H2,1-3H3,(H,20,21). The van der Waals surface area contributed by atoms with E-state index in [1.165, 1.54) is 0 Å². The first-order valence-corrected chi connectivity index (χ1v) is 7.49. The van der Waals surface area contributed by atoms with Crippen molar-refractivity contribution in [2.24, 2.45) is 5.92 Å². The maximum Gasteiger partial charge on any atom is 0.224 e. The van der Waals surface area contributed by atoms with E-state index in [1.807, 2.05) is 13.8 Å². The van der Waals surface area contributed by atoms with Crippen molar-refractivity contribution in [3.63, 3.8) is 0 Å². The smallest absolute Gasteiger partial charge is 0.224 e. The molecule has 5 heteroatoms. The number of nitrogens with one attached hydrogen (secondary N) is 1. The molecular weight excluding hydrogens is 292 g/mol. The van der Waals surface area contributed by atoms with Gasteiger partial charge in [0.25, 0.3) is 0 Å². The number of carbonyl (C=O) groups is 1. The number of carbonyl (C=O) groups excluding carboxylic acids is 1. The van der Waals surface area contributed by atoms with E-state index in [-0.39, 0.29) is 5.91 Å². The van der Waals surface area contributed by atoms with Gasteiger partial charge in [0.2, 0.25) is 5.91 Å². The van der Waals surface area contributed by atoms with E-state index in [2.05, 4.69) is 5.32 Å². The molecule has 3 N–H and O–H groups in total. The number of hydrogen-bond acceptors (Lipinski definition) is 4. The molecular formula is C18H22N2O3. The lowest BCUT2D eigenvalue weighted by atomic mass is 10.1. The van der Waals surface area contributed by atoms with Gasteiger partial charge in [-0.05, 0) is 42.3 Å². The summed E-state index contributed by atoms with van der Waals surface area (Å²) in [6.07, 6.45) is 0.501. The molecule has 122 valence electrons. The Morgan fingerprint density at radius 2 is 1.83 bits per heavy atom. The normalized spacial score (nSPS) is 10.4. The van der Waals surface area contributed by atoms with Gasteiger partial charge in [-0.25, -0.2) is 0 Å². The number of nitrogens with two attached hydrogens (primary N) is 1. The summed E-state index contributed by atoms with van der Waals surface area (Å²) >= 11 is 0. The van der Waals surface area contributed by atoms with Gasteiger partial charge in [-0.2, -0.15) is 0 Å². The van der Waals surface area contributed by atoms with Crippen molar-refractivity contribution >= 4 is 17.3 Å². The fraction of sp³-hybridized carbons (Fsp3) is 0.278. The summed E-state index contributed by atoms with van der Waals surface area (Å²) in [4.78, 5) is 11.7. The molecule has 5 nitrogen and oxygen atoms in total. The van der Waals surface area contributed by atoms with Crippen LogP contribution < -0.4 is 20.5 Å². The first-order valence-electron chi connectivity index (χ1n) is 7.49. The van der Waals surface area contributed by atoms with E-state index < -0.39 is 0 Å². The van der Waals surface area contributed by atoms with Crippen molar-refractivity contribution in [3.05, 3.63) is 42.5 Å². The van der Waals surface area contributed by atoms with Gasteiger partial charge >= 0.3 is 0 Å². The monoisotopic (exact) mass is 314 g/mol. The maximum atomic E-state index is 11.7. The lowest BCUT2D eigenvalue weighted by Crippen LogP contribution is -2.13. The fourth-order valence-electron chi connectivity index (χ4n) is 2.08. The summed E-state index contributed by atoms with van der Waals surface area (Å²) in [5, 5.41) is 2.86. The third kappa shape index (κ3) is 4.92. The summed E-state index contributed by atoms with van der Waals surface area (Å²) in [5.74, 6) is 2.14. The van der Waals surface area contributed by atoms with Crippen molar-refractivity contribution in [1.82, 2.24) is 0 Å². The minimum Gasteiger partial charge on any atom is -0.493 e. The molecule has 1 amide bonds. The molecule has 0 bridgehead atoms. The molecule has 0 aliphatic heterocycles.